The number of nitrogens with one attached hydrogen (secondary N) is 1. The second kappa shape index (κ2) is 8.51. The van der Waals surface area contributed by atoms with Crippen molar-refractivity contribution >= 4 is 15.9 Å². The Morgan fingerprint density at radius 3 is 2.78 bits per heavy atom. The molecule has 0 heterocycles. The van der Waals surface area contributed by atoms with E-state index in [0.717, 1.165) is 35.2 Å². The molecule has 1 aromatic rings. The largest absolute Gasteiger partial charge is 0.493 e. The van der Waals surface area contributed by atoms with Crippen LogP contribution < -0.4 is 10.1 Å². The monoisotopic (exact) mass is 315 g/mol. The molecule has 0 radical (unpaired) electrons. The van der Waals surface area contributed by atoms with Crippen molar-refractivity contribution in [2.24, 2.45) is 0 Å². The van der Waals surface area contributed by atoms with Crippen LogP contribution in [0.1, 0.15) is 32.3 Å². The first-order valence-corrected chi connectivity index (χ1v) is 7.26. The van der Waals surface area contributed by atoms with Crippen LogP contribution in [0.5, 0.6) is 5.75 Å². The number of hydrogen-bond acceptors (Lipinski definition) is 3. The number of rotatable bonds is 8. The standard InChI is InChI=1S/C14H22BrNO2/c1-3-7-18-14-6-5-12(15)8-11(14)9-16-13(4-2)10-17/h5-6,8,13,16-17H,3-4,7,9-10H2,1-2H3/t13-/m0/s1. The van der Waals surface area contributed by atoms with Crippen molar-refractivity contribution in [3.05, 3.63) is 28.2 Å². The molecule has 0 aliphatic carbocycles. The van der Waals surface area contributed by atoms with Gasteiger partial charge in [0.25, 0.3) is 0 Å². The molecule has 0 fully saturated rings. The summed E-state index contributed by atoms with van der Waals surface area (Å²) in [5, 5.41) is 12.5. The lowest BCUT2D eigenvalue weighted by Crippen LogP contribution is -2.31. The number of hydrogen-bond donors (Lipinski definition) is 2. The van der Waals surface area contributed by atoms with Gasteiger partial charge in [-0.05, 0) is 31.0 Å². The molecule has 0 aromatic heterocycles. The van der Waals surface area contributed by atoms with E-state index in [9.17, 15) is 0 Å². The molecule has 3 nitrogen and oxygen atoms in total. The van der Waals surface area contributed by atoms with Crippen LogP contribution in [0.15, 0.2) is 22.7 Å². The molecule has 0 unspecified atom stereocenters. The summed E-state index contributed by atoms with van der Waals surface area (Å²) in [6, 6.07) is 6.17. The molecule has 0 amide bonds. The number of halogens is 1. The van der Waals surface area contributed by atoms with E-state index < -0.39 is 0 Å². The molecule has 18 heavy (non-hydrogen) atoms. The fraction of sp³-hybridized carbons (Fsp3) is 0.571. The first kappa shape index (κ1) is 15.5. The Hall–Kier alpha value is -0.580. The van der Waals surface area contributed by atoms with Crippen molar-refractivity contribution in [3.63, 3.8) is 0 Å². The summed E-state index contributed by atoms with van der Waals surface area (Å²) in [6.07, 6.45) is 1.91. The van der Waals surface area contributed by atoms with E-state index in [1.807, 2.05) is 12.1 Å². The predicted molar refractivity (Wildman–Crippen MR) is 77.9 cm³/mol. The summed E-state index contributed by atoms with van der Waals surface area (Å²) in [5.74, 6) is 0.917. The van der Waals surface area contributed by atoms with Crippen molar-refractivity contribution in [2.75, 3.05) is 13.2 Å². The first-order valence-electron chi connectivity index (χ1n) is 6.46. The molecule has 1 atom stereocenters. The maximum atomic E-state index is 9.17. The molecule has 0 aliphatic rings. The molecule has 0 bridgehead atoms. The van der Waals surface area contributed by atoms with Crippen LogP contribution in [0.2, 0.25) is 0 Å². The van der Waals surface area contributed by atoms with Crippen LogP contribution in [0.4, 0.5) is 0 Å². The minimum Gasteiger partial charge on any atom is -0.493 e. The number of ether oxygens (including phenoxy) is 1. The molecular formula is C14H22BrNO2. The Kier molecular flexibility index (Phi) is 7.32. The SMILES string of the molecule is CCCOc1ccc(Br)cc1CN[C@@H](CC)CO. The minimum atomic E-state index is 0.142. The molecule has 2 N–H and O–H groups in total. The molecular weight excluding hydrogens is 294 g/mol. The minimum absolute atomic E-state index is 0.142. The highest BCUT2D eigenvalue weighted by Crippen LogP contribution is 2.23. The van der Waals surface area contributed by atoms with Crippen molar-refractivity contribution in [1.82, 2.24) is 5.32 Å². The molecule has 1 aromatic carbocycles. The van der Waals surface area contributed by atoms with Gasteiger partial charge in [0.05, 0.1) is 13.2 Å². The average molecular weight is 316 g/mol. The van der Waals surface area contributed by atoms with E-state index in [2.05, 4.69) is 41.2 Å². The van der Waals surface area contributed by atoms with Crippen molar-refractivity contribution < 1.29 is 9.84 Å². The van der Waals surface area contributed by atoms with Crippen molar-refractivity contribution in [2.45, 2.75) is 39.3 Å². The molecule has 0 saturated carbocycles. The summed E-state index contributed by atoms with van der Waals surface area (Å²) in [4.78, 5) is 0. The molecule has 0 aliphatic heterocycles. The lowest BCUT2D eigenvalue weighted by Gasteiger charge is -2.16. The van der Waals surface area contributed by atoms with Gasteiger partial charge in [-0.3, -0.25) is 0 Å². The number of aliphatic hydroxyl groups excluding tert-OH is 1. The molecule has 102 valence electrons. The molecule has 0 spiro atoms. The van der Waals surface area contributed by atoms with Crippen LogP contribution in [0, 0.1) is 0 Å². The van der Waals surface area contributed by atoms with Crippen LogP contribution in [0.25, 0.3) is 0 Å². The first-order chi connectivity index (χ1) is 8.71. The van der Waals surface area contributed by atoms with Gasteiger partial charge in [0.15, 0.2) is 0 Å². The zero-order valence-electron chi connectivity index (χ0n) is 11.1. The van der Waals surface area contributed by atoms with Gasteiger partial charge in [-0.25, -0.2) is 0 Å². The van der Waals surface area contributed by atoms with Crippen LogP contribution in [-0.4, -0.2) is 24.4 Å². The van der Waals surface area contributed by atoms with E-state index in [0.29, 0.717) is 6.54 Å². The molecule has 4 heteroatoms. The van der Waals surface area contributed by atoms with Gasteiger partial charge in [-0.15, -0.1) is 0 Å². The third-order valence-electron chi connectivity index (χ3n) is 2.78. The lowest BCUT2D eigenvalue weighted by molar-refractivity contribution is 0.237. The molecule has 0 saturated heterocycles. The van der Waals surface area contributed by atoms with E-state index in [1.165, 1.54) is 0 Å². The quantitative estimate of drug-likeness (QED) is 0.774. The highest BCUT2D eigenvalue weighted by molar-refractivity contribution is 9.10. The average Bonchev–Trinajstić information content (AvgIpc) is 2.39. The van der Waals surface area contributed by atoms with Gasteiger partial charge >= 0.3 is 0 Å². The van der Waals surface area contributed by atoms with Crippen LogP contribution in [0.3, 0.4) is 0 Å². The van der Waals surface area contributed by atoms with Gasteiger partial charge in [0.1, 0.15) is 5.75 Å². The number of aliphatic hydroxyl groups is 1. The summed E-state index contributed by atoms with van der Waals surface area (Å²) >= 11 is 3.47. The second-order valence-corrected chi connectivity index (χ2v) is 5.18. The molecule has 1 rings (SSSR count). The van der Waals surface area contributed by atoms with E-state index >= 15 is 0 Å². The Balaban J connectivity index is 2.68. The smallest absolute Gasteiger partial charge is 0.123 e. The predicted octanol–water partition coefficient (Wildman–Crippen LogP) is 3.10. The fourth-order valence-electron chi connectivity index (χ4n) is 1.63. The van der Waals surface area contributed by atoms with E-state index in [-0.39, 0.29) is 12.6 Å². The van der Waals surface area contributed by atoms with E-state index in [4.69, 9.17) is 9.84 Å². The third-order valence-corrected chi connectivity index (χ3v) is 3.27. The van der Waals surface area contributed by atoms with Gasteiger partial charge in [0, 0.05) is 22.6 Å². The normalized spacial score (nSPS) is 12.4. The Morgan fingerprint density at radius 1 is 1.39 bits per heavy atom. The summed E-state index contributed by atoms with van der Waals surface area (Å²) < 4.78 is 6.76. The van der Waals surface area contributed by atoms with Gasteiger partial charge < -0.3 is 15.2 Å². The van der Waals surface area contributed by atoms with Crippen LogP contribution in [-0.2, 0) is 6.54 Å². The van der Waals surface area contributed by atoms with E-state index in [1.54, 1.807) is 0 Å². The summed E-state index contributed by atoms with van der Waals surface area (Å²) in [5.41, 5.74) is 1.12. The number of benzene rings is 1. The highest BCUT2D eigenvalue weighted by atomic mass is 79.9. The van der Waals surface area contributed by atoms with Gasteiger partial charge in [-0.2, -0.15) is 0 Å². The zero-order chi connectivity index (χ0) is 13.4. The van der Waals surface area contributed by atoms with Crippen molar-refractivity contribution in [1.29, 1.82) is 0 Å². The fourth-order valence-corrected chi connectivity index (χ4v) is 2.04. The maximum absolute atomic E-state index is 9.17. The Labute approximate surface area is 118 Å². The zero-order valence-corrected chi connectivity index (χ0v) is 12.7. The Bertz CT molecular complexity index is 354. The summed E-state index contributed by atoms with van der Waals surface area (Å²) in [7, 11) is 0. The second-order valence-electron chi connectivity index (χ2n) is 4.27. The Morgan fingerprint density at radius 2 is 2.17 bits per heavy atom. The third kappa shape index (κ3) is 4.96. The highest BCUT2D eigenvalue weighted by Gasteiger charge is 2.08. The maximum Gasteiger partial charge on any atom is 0.123 e. The van der Waals surface area contributed by atoms with Gasteiger partial charge in [-0.1, -0.05) is 29.8 Å². The van der Waals surface area contributed by atoms with Crippen LogP contribution >= 0.6 is 15.9 Å². The van der Waals surface area contributed by atoms with Gasteiger partial charge in [0.2, 0.25) is 0 Å². The lowest BCUT2D eigenvalue weighted by atomic mass is 10.1. The topological polar surface area (TPSA) is 41.5 Å². The van der Waals surface area contributed by atoms with Crippen molar-refractivity contribution in [3.8, 4) is 5.75 Å². The summed E-state index contributed by atoms with van der Waals surface area (Å²) in [6.45, 7) is 5.75.